The maximum Gasteiger partial charge on any atom is 0.411 e. The van der Waals surface area contributed by atoms with Gasteiger partial charge in [-0.15, -0.1) is 0 Å². The number of methoxy groups -OCH3 is 1. The summed E-state index contributed by atoms with van der Waals surface area (Å²) in [5, 5.41) is 13.2. The highest BCUT2D eigenvalue weighted by atomic mass is 19.1. The van der Waals surface area contributed by atoms with Gasteiger partial charge in [0, 0.05) is 23.7 Å². The van der Waals surface area contributed by atoms with Gasteiger partial charge in [-0.3, -0.25) is 5.32 Å². The molecule has 0 bridgehead atoms. The van der Waals surface area contributed by atoms with Crippen LogP contribution in [0, 0.1) is 11.3 Å². The second kappa shape index (κ2) is 8.44. The number of aromatic nitrogens is 1. The van der Waals surface area contributed by atoms with Gasteiger partial charge in [0.1, 0.15) is 25.1 Å². The Morgan fingerprint density at radius 1 is 1.25 bits per heavy atom. The average Bonchev–Trinajstić information content (AvgIpc) is 3.05. The molecular weight excluding hydrogens is 361 g/mol. The number of amides is 1. The van der Waals surface area contributed by atoms with Crippen LogP contribution >= 0.6 is 0 Å². The molecule has 0 radical (unpaired) electrons. The van der Waals surface area contributed by atoms with Gasteiger partial charge in [-0.2, -0.15) is 5.26 Å². The average molecular weight is 381 g/mol. The predicted molar refractivity (Wildman–Crippen MR) is 105 cm³/mol. The summed E-state index contributed by atoms with van der Waals surface area (Å²) < 4.78 is 24.4. The molecule has 1 aromatic heterocycles. The highest BCUT2D eigenvalue weighted by Gasteiger charge is 2.18. The maximum atomic E-state index is 12.4. The Bertz CT molecular complexity index is 1040. The molecule has 3 rings (SSSR count). The molecule has 0 fully saturated rings. The Labute approximate surface area is 162 Å². The molecule has 0 unspecified atom stereocenters. The summed E-state index contributed by atoms with van der Waals surface area (Å²) >= 11 is 0. The monoisotopic (exact) mass is 381 g/mol. The first-order chi connectivity index (χ1) is 13.6. The van der Waals surface area contributed by atoms with Crippen molar-refractivity contribution in [2.24, 2.45) is 0 Å². The van der Waals surface area contributed by atoms with Gasteiger partial charge in [-0.05, 0) is 36.8 Å². The van der Waals surface area contributed by atoms with E-state index in [0.717, 1.165) is 22.2 Å². The van der Waals surface area contributed by atoms with Crippen LogP contribution in [-0.4, -0.2) is 31.1 Å². The van der Waals surface area contributed by atoms with Crippen molar-refractivity contribution in [3.63, 3.8) is 0 Å². The lowest BCUT2D eigenvalue weighted by atomic mass is 10.1. The second-order valence-corrected chi connectivity index (χ2v) is 5.99. The Kier molecular flexibility index (Phi) is 5.80. The number of carbonyl (C=O) groups excluding carboxylic acids is 1. The van der Waals surface area contributed by atoms with Crippen LogP contribution in [0.1, 0.15) is 12.5 Å². The Hall–Kier alpha value is -3.53. The van der Waals surface area contributed by atoms with E-state index in [2.05, 4.69) is 16.1 Å². The summed E-state index contributed by atoms with van der Waals surface area (Å²) in [5.74, 6) is 0.561. The third-order valence-electron chi connectivity index (χ3n) is 4.40. The molecule has 1 amide bonds. The highest BCUT2D eigenvalue weighted by Crippen LogP contribution is 2.35. The van der Waals surface area contributed by atoms with Crippen LogP contribution in [-0.2, 0) is 11.3 Å². The molecule has 2 aromatic carbocycles. The molecule has 0 saturated heterocycles. The first-order valence-corrected chi connectivity index (χ1v) is 8.83. The fraction of sp³-hybridized carbons (Fsp3) is 0.238. The molecule has 7 heteroatoms. The standard InChI is InChI=1S/C21H20FN3O3/c1-3-25-19-12-16(28-11-10-22)8-9-17(19)18(13-23)20(25)14-4-6-15(7-5-14)24-21(26)27-2/h4-9,12H,3,10-11H2,1-2H3,(H,24,26). The van der Waals surface area contributed by atoms with Crippen molar-refractivity contribution in [1.82, 2.24) is 4.57 Å². The summed E-state index contributed by atoms with van der Waals surface area (Å²) in [7, 11) is 1.30. The smallest absolute Gasteiger partial charge is 0.411 e. The number of nitrogens with zero attached hydrogens (tertiary/aromatic N) is 2. The predicted octanol–water partition coefficient (Wildman–Crippen LogP) is 4.73. The van der Waals surface area contributed by atoms with Crippen molar-refractivity contribution in [1.29, 1.82) is 5.26 Å². The number of aryl methyl sites for hydroxylation is 1. The summed E-state index contributed by atoms with van der Waals surface area (Å²) in [5.41, 5.74) is 3.63. The summed E-state index contributed by atoms with van der Waals surface area (Å²) in [4.78, 5) is 11.3. The molecule has 0 saturated carbocycles. The van der Waals surface area contributed by atoms with Crippen molar-refractivity contribution in [3.05, 3.63) is 48.0 Å². The first kappa shape index (κ1) is 19.2. The van der Waals surface area contributed by atoms with E-state index in [1.54, 1.807) is 18.2 Å². The molecule has 1 N–H and O–H groups in total. The zero-order valence-corrected chi connectivity index (χ0v) is 15.7. The van der Waals surface area contributed by atoms with Crippen LogP contribution in [0.25, 0.3) is 22.2 Å². The maximum absolute atomic E-state index is 12.4. The lowest BCUT2D eigenvalue weighted by Crippen LogP contribution is -2.10. The van der Waals surface area contributed by atoms with Crippen LogP contribution in [0.3, 0.4) is 0 Å². The molecule has 0 aliphatic carbocycles. The van der Waals surface area contributed by atoms with Crippen molar-refractivity contribution < 1.29 is 18.7 Å². The number of anilines is 1. The van der Waals surface area contributed by atoms with Gasteiger partial charge < -0.3 is 14.0 Å². The number of nitrogens with one attached hydrogen (secondary N) is 1. The minimum Gasteiger partial charge on any atom is -0.491 e. The number of alkyl halides is 1. The molecule has 0 atom stereocenters. The third-order valence-corrected chi connectivity index (χ3v) is 4.40. The van der Waals surface area contributed by atoms with E-state index in [-0.39, 0.29) is 6.61 Å². The van der Waals surface area contributed by atoms with E-state index in [4.69, 9.17) is 4.74 Å². The van der Waals surface area contributed by atoms with Gasteiger partial charge in [-0.1, -0.05) is 12.1 Å². The Balaban J connectivity index is 2.09. The van der Waals surface area contributed by atoms with Crippen molar-refractivity contribution in [2.75, 3.05) is 25.7 Å². The van der Waals surface area contributed by atoms with Crippen LogP contribution in [0.4, 0.5) is 14.9 Å². The van der Waals surface area contributed by atoms with Crippen LogP contribution in [0.15, 0.2) is 42.5 Å². The number of fused-ring (bicyclic) bond motifs is 1. The number of ether oxygens (including phenoxy) is 2. The number of rotatable bonds is 6. The quantitative estimate of drug-likeness (QED) is 0.670. The molecular formula is C21H20FN3O3. The van der Waals surface area contributed by atoms with E-state index in [1.807, 2.05) is 35.8 Å². The van der Waals surface area contributed by atoms with E-state index < -0.39 is 12.8 Å². The Morgan fingerprint density at radius 3 is 2.61 bits per heavy atom. The second-order valence-electron chi connectivity index (χ2n) is 5.99. The molecule has 0 aliphatic rings. The lowest BCUT2D eigenvalue weighted by molar-refractivity contribution is 0.187. The zero-order chi connectivity index (χ0) is 20.1. The largest absolute Gasteiger partial charge is 0.491 e. The van der Waals surface area contributed by atoms with E-state index in [0.29, 0.717) is 23.5 Å². The molecule has 3 aromatic rings. The zero-order valence-electron chi connectivity index (χ0n) is 15.7. The number of carbonyl (C=O) groups is 1. The van der Waals surface area contributed by atoms with Gasteiger partial charge in [0.05, 0.1) is 23.9 Å². The van der Waals surface area contributed by atoms with E-state index in [1.165, 1.54) is 7.11 Å². The number of nitriles is 1. The summed E-state index contributed by atoms with van der Waals surface area (Å²) in [6.45, 7) is 2.06. The van der Waals surface area contributed by atoms with Crippen LogP contribution < -0.4 is 10.1 Å². The van der Waals surface area contributed by atoms with Gasteiger partial charge in [0.25, 0.3) is 0 Å². The van der Waals surface area contributed by atoms with Crippen molar-refractivity contribution in [2.45, 2.75) is 13.5 Å². The van der Waals surface area contributed by atoms with Crippen molar-refractivity contribution >= 4 is 22.7 Å². The first-order valence-electron chi connectivity index (χ1n) is 8.83. The van der Waals surface area contributed by atoms with E-state index >= 15 is 0 Å². The van der Waals surface area contributed by atoms with Gasteiger partial charge in [0.15, 0.2) is 0 Å². The molecule has 0 aliphatic heterocycles. The minimum absolute atomic E-state index is 0.00897. The number of halogens is 1. The molecule has 1 heterocycles. The number of hydrogen-bond donors (Lipinski definition) is 1. The Morgan fingerprint density at radius 2 is 2.00 bits per heavy atom. The summed E-state index contributed by atoms with van der Waals surface area (Å²) in [6.07, 6.45) is -0.547. The molecule has 28 heavy (non-hydrogen) atoms. The van der Waals surface area contributed by atoms with E-state index in [9.17, 15) is 14.4 Å². The highest BCUT2D eigenvalue weighted by molar-refractivity contribution is 5.95. The fourth-order valence-corrected chi connectivity index (χ4v) is 3.20. The van der Waals surface area contributed by atoms with Crippen LogP contribution in [0.5, 0.6) is 5.75 Å². The number of hydrogen-bond acceptors (Lipinski definition) is 4. The van der Waals surface area contributed by atoms with Crippen molar-refractivity contribution in [3.8, 4) is 23.1 Å². The van der Waals surface area contributed by atoms with Crippen LogP contribution in [0.2, 0.25) is 0 Å². The fourth-order valence-electron chi connectivity index (χ4n) is 3.20. The minimum atomic E-state index is -0.562. The molecule has 0 spiro atoms. The SMILES string of the molecule is CCn1c(-c2ccc(NC(=O)OC)cc2)c(C#N)c2ccc(OCCF)cc21. The number of benzene rings is 2. The van der Waals surface area contributed by atoms with Gasteiger partial charge >= 0.3 is 6.09 Å². The third kappa shape index (κ3) is 3.62. The molecule has 6 nitrogen and oxygen atoms in total. The normalized spacial score (nSPS) is 10.5. The topological polar surface area (TPSA) is 76.3 Å². The van der Waals surface area contributed by atoms with Gasteiger partial charge in [0.2, 0.25) is 0 Å². The van der Waals surface area contributed by atoms with Gasteiger partial charge in [-0.25, -0.2) is 9.18 Å². The lowest BCUT2D eigenvalue weighted by Gasteiger charge is -2.10. The molecule has 144 valence electrons. The summed E-state index contributed by atoms with van der Waals surface area (Å²) in [6, 6.07) is 14.9.